The molecule has 0 N–H and O–H groups in total. The van der Waals surface area contributed by atoms with Crippen molar-refractivity contribution in [3.05, 3.63) is 82.4 Å². The van der Waals surface area contributed by atoms with Crippen molar-refractivity contribution in [3.63, 3.8) is 0 Å². The van der Waals surface area contributed by atoms with Crippen LogP contribution in [0.5, 0.6) is 0 Å². The highest BCUT2D eigenvalue weighted by molar-refractivity contribution is 5.84. The summed E-state index contributed by atoms with van der Waals surface area (Å²) >= 11 is 0. The Morgan fingerprint density at radius 3 is 2.38 bits per heavy atom. The number of likely N-dealkylation sites (N-methyl/N-ethyl adjacent to an activating group) is 1. The van der Waals surface area contributed by atoms with Gasteiger partial charge in [-0.2, -0.15) is 5.26 Å². The Bertz CT molecular complexity index is 1120. The van der Waals surface area contributed by atoms with Crippen molar-refractivity contribution in [2.75, 3.05) is 13.6 Å². The minimum atomic E-state index is 0.533. The van der Waals surface area contributed by atoms with E-state index in [4.69, 9.17) is 5.26 Å². The fourth-order valence-corrected chi connectivity index (χ4v) is 5.38. The highest BCUT2D eigenvalue weighted by Crippen LogP contribution is 2.55. The van der Waals surface area contributed by atoms with Gasteiger partial charge in [0.05, 0.1) is 11.6 Å². The van der Waals surface area contributed by atoms with Crippen LogP contribution in [0.1, 0.15) is 66.0 Å². The van der Waals surface area contributed by atoms with Gasteiger partial charge in [0.1, 0.15) is 0 Å². The lowest BCUT2D eigenvalue weighted by Gasteiger charge is -2.37. The van der Waals surface area contributed by atoms with Crippen molar-refractivity contribution in [2.24, 2.45) is 5.92 Å². The molecule has 2 heteroatoms. The van der Waals surface area contributed by atoms with Crippen LogP contribution in [0.4, 0.5) is 0 Å². The van der Waals surface area contributed by atoms with E-state index in [0.717, 1.165) is 17.5 Å². The normalized spacial score (nSPS) is 23.8. The fraction of sp³-hybridized carbons (Fsp3) is 0.370. The Hall–Kier alpha value is -2.63. The maximum Gasteiger partial charge on any atom is 0.0991 e. The van der Waals surface area contributed by atoms with E-state index in [0.29, 0.717) is 23.8 Å². The first-order valence-electron chi connectivity index (χ1n) is 10.8. The monoisotopic (exact) mass is 380 g/mol. The van der Waals surface area contributed by atoms with Crippen LogP contribution in [0, 0.1) is 17.2 Å². The van der Waals surface area contributed by atoms with Crippen LogP contribution in [-0.2, 0) is 6.42 Å². The quantitative estimate of drug-likeness (QED) is 0.543. The Morgan fingerprint density at radius 2 is 1.62 bits per heavy atom. The largest absolute Gasteiger partial charge is 0.299 e. The van der Waals surface area contributed by atoms with Gasteiger partial charge < -0.3 is 0 Å². The lowest BCUT2D eigenvalue weighted by molar-refractivity contribution is 0.181. The molecular weight excluding hydrogens is 352 g/mol. The van der Waals surface area contributed by atoms with E-state index >= 15 is 0 Å². The molecule has 0 aromatic heterocycles. The van der Waals surface area contributed by atoms with E-state index < -0.39 is 0 Å². The molecule has 2 nitrogen and oxygen atoms in total. The van der Waals surface area contributed by atoms with Gasteiger partial charge in [-0.05, 0) is 82.8 Å². The Kier molecular flexibility index (Phi) is 4.45. The number of benzene rings is 3. The second-order valence-electron chi connectivity index (χ2n) is 9.26. The van der Waals surface area contributed by atoms with Gasteiger partial charge in [0, 0.05) is 12.6 Å². The van der Waals surface area contributed by atoms with Crippen LogP contribution in [0.3, 0.4) is 0 Å². The van der Waals surface area contributed by atoms with Crippen LogP contribution in [0.15, 0.2) is 54.6 Å². The van der Waals surface area contributed by atoms with Crippen LogP contribution in [0.2, 0.25) is 0 Å². The summed E-state index contributed by atoms with van der Waals surface area (Å²) in [4.78, 5) is 2.53. The van der Waals surface area contributed by atoms with Gasteiger partial charge in [-0.1, -0.05) is 56.3 Å². The van der Waals surface area contributed by atoms with Gasteiger partial charge in [0.15, 0.2) is 0 Å². The average molecular weight is 381 g/mol. The van der Waals surface area contributed by atoms with Gasteiger partial charge in [0.2, 0.25) is 0 Å². The zero-order valence-electron chi connectivity index (χ0n) is 17.5. The van der Waals surface area contributed by atoms with Crippen LogP contribution >= 0.6 is 0 Å². The molecule has 0 bridgehead atoms. The number of hydrogen-bond acceptors (Lipinski definition) is 2. The van der Waals surface area contributed by atoms with Gasteiger partial charge in [-0.25, -0.2) is 0 Å². The summed E-state index contributed by atoms with van der Waals surface area (Å²) in [5.74, 6) is 1.88. The molecule has 0 spiro atoms. The van der Waals surface area contributed by atoms with E-state index in [-0.39, 0.29) is 0 Å². The summed E-state index contributed by atoms with van der Waals surface area (Å²) in [6.45, 7) is 5.84. The molecular formula is C27H28N2. The van der Waals surface area contributed by atoms with E-state index in [2.05, 4.69) is 74.3 Å². The average Bonchev–Trinajstić information content (AvgIpc) is 3.53. The Balaban J connectivity index is 1.43. The Labute approximate surface area is 173 Å². The van der Waals surface area contributed by atoms with E-state index in [1.807, 2.05) is 12.1 Å². The summed E-state index contributed by atoms with van der Waals surface area (Å²) in [6, 6.07) is 22.8. The summed E-state index contributed by atoms with van der Waals surface area (Å²) in [6.07, 6.45) is 2.40. The number of fused-ring (bicyclic) bond motifs is 2. The fourth-order valence-electron chi connectivity index (χ4n) is 5.38. The minimum absolute atomic E-state index is 0.533. The lowest BCUT2D eigenvalue weighted by atomic mass is 9.85. The standard InChI is InChI=1S/C27H28N2/c1-17(2)27-26-14-23(8-6-19(26)10-11-29(27)3)25-15-24(25)22-9-7-20-12-18(16-28)4-5-21(20)13-22/h4-9,12-14,17,24-25,27H,10-11,15H2,1-3H3. The number of rotatable bonds is 3. The van der Waals surface area contributed by atoms with Crippen LogP contribution < -0.4 is 0 Å². The first kappa shape index (κ1) is 18.4. The third-order valence-corrected chi connectivity index (χ3v) is 6.97. The first-order valence-corrected chi connectivity index (χ1v) is 10.8. The Morgan fingerprint density at radius 1 is 0.931 bits per heavy atom. The summed E-state index contributed by atoms with van der Waals surface area (Å²) < 4.78 is 0. The number of nitriles is 1. The van der Waals surface area contributed by atoms with Crippen molar-refractivity contribution in [2.45, 2.75) is 44.6 Å². The van der Waals surface area contributed by atoms with Crippen molar-refractivity contribution >= 4 is 10.8 Å². The maximum atomic E-state index is 9.11. The molecule has 1 fully saturated rings. The van der Waals surface area contributed by atoms with Gasteiger partial charge in [-0.15, -0.1) is 0 Å². The lowest BCUT2D eigenvalue weighted by Crippen LogP contribution is -2.35. The molecule has 3 unspecified atom stereocenters. The maximum absolute atomic E-state index is 9.11. The highest BCUT2D eigenvalue weighted by atomic mass is 15.1. The van der Waals surface area contributed by atoms with E-state index in [1.54, 1.807) is 11.1 Å². The SMILES string of the molecule is CC(C)C1c2cc(C3CC3c3ccc4cc(C#N)ccc4c3)ccc2CCN1C. The number of nitrogens with zero attached hydrogens (tertiary/aromatic N) is 2. The molecule has 0 saturated heterocycles. The summed E-state index contributed by atoms with van der Waals surface area (Å²) in [7, 11) is 2.27. The predicted octanol–water partition coefficient (Wildman–Crippen LogP) is 6.17. The molecule has 146 valence electrons. The third-order valence-electron chi connectivity index (χ3n) is 6.97. The molecule has 1 aliphatic carbocycles. The van der Waals surface area contributed by atoms with Gasteiger partial charge >= 0.3 is 0 Å². The molecule has 0 radical (unpaired) electrons. The first-order chi connectivity index (χ1) is 14.0. The smallest absolute Gasteiger partial charge is 0.0991 e. The summed E-state index contributed by atoms with van der Waals surface area (Å²) in [5, 5.41) is 11.5. The molecule has 1 saturated carbocycles. The van der Waals surface area contributed by atoms with Crippen molar-refractivity contribution in [1.29, 1.82) is 5.26 Å². The molecule has 0 amide bonds. The van der Waals surface area contributed by atoms with Crippen LogP contribution in [-0.4, -0.2) is 18.5 Å². The molecule has 3 aromatic carbocycles. The minimum Gasteiger partial charge on any atom is -0.299 e. The van der Waals surface area contributed by atoms with E-state index in [1.165, 1.54) is 29.4 Å². The van der Waals surface area contributed by atoms with Crippen molar-refractivity contribution in [1.82, 2.24) is 4.90 Å². The molecule has 29 heavy (non-hydrogen) atoms. The van der Waals surface area contributed by atoms with E-state index in [9.17, 15) is 0 Å². The second-order valence-corrected chi connectivity index (χ2v) is 9.26. The zero-order valence-corrected chi connectivity index (χ0v) is 17.5. The van der Waals surface area contributed by atoms with Crippen LogP contribution in [0.25, 0.3) is 10.8 Å². The third kappa shape index (κ3) is 3.24. The highest BCUT2D eigenvalue weighted by Gasteiger charge is 2.40. The predicted molar refractivity (Wildman–Crippen MR) is 119 cm³/mol. The molecule has 3 atom stereocenters. The second kappa shape index (κ2) is 7.01. The van der Waals surface area contributed by atoms with Gasteiger partial charge in [0.25, 0.3) is 0 Å². The summed E-state index contributed by atoms with van der Waals surface area (Å²) in [5.41, 5.74) is 6.77. The molecule has 1 aliphatic heterocycles. The zero-order chi connectivity index (χ0) is 20.1. The molecule has 5 rings (SSSR count). The van der Waals surface area contributed by atoms with Gasteiger partial charge in [-0.3, -0.25) is 4.90 Å². The topological polar surface area (TPSA) is 27.0 Å². The molecule has 2 aliphatic rings. The van der Waals surface area contributed by atoms with Crippen molar-refractivity contribution in [3.8, 4) is 6.07 Å². The number of hydrogen-bond donors (Lipinski definition) is 0. The molecule has 1 heterocycles. The molecule has 3 aromatic rings. The van der Waals surface area contributed by atoms with Crippen molar-refractivity contribution < 1.29 is 0 Å².